The number of sulfone groups is 1. The van der Waals surface area contributed by atoms with E-state index in [4.69, 9.17) is 27.6 Å². The van der Waals surface area contributed by atoms with Gasteiger partial charge in [0.15, 0.2) is 15.6 Å². The normalized spacial score (nSPS) is 11.1. The highest BCUT2D eigenvalue weighted by atomic mass is 35.5. The predicted molar refractivity (Wildman–Crippen MR) is 111 cm³/mol. The zero-order valence-corrected chi connectivity index (χ0v) is 17.2. The number of halogens is 2. The Morgan fingerprint density at radius 2 is 1.66 bits per heavy atom. The minimum atomic E-state index is -3.61. The van der Waals surface area contributed by atoms with Crippen LogP contribution in [0.4, 0.5) is 11.4 Å². The minimum absolute atomic E-state index is 0.0157. The SMILES string of the molecule is CS(=O)(=O)c1cc(C(=O)Nc2ccc(Cl)cc2NC(=O)c2ccco2)ccc1Cl. The van der Waals surface area contributed by atoms with Crippen molar-refractivity contribution in [2.45, 2.75) is 4.90 Å². The summed E-state index contributed by atoms with van der Waals surface area (Å²) in [7, 11) is -3.61. The lowest BCUT2D eigenvalue weighted by Gasteiger charge is -2.13. The molecule has 1 heterocycles. The van der Waals surface area contributed by atoms with Gasteiger partial charge in [-0.05, 0) is 48.5 Å². The van der Waals surface area contributed by atoms with Crippen molar-refractivity contribution in [3.8, 4) is 0 Å². The molecule has 0 unspecified atom stereocenters. The van der Waals surface area contributed by atoms with Crippen molar-refractivity contribution < 1.29 is 22.4 Å². The van der Waals surface area contributed by atoms with Gasteiger partial charge in [0.2, 0.25) is 0 Å². The van der Waals surface area contributed by atoms with Crippen LogP contribution >= 0.6 is 23.2 Å². The lowest BCUT2D eigenvalue weighted by molar-refractivity contribution is 0.0993. The van der Waals surface area contributed by atoms with Crippen molar-refractivity contribution in [1.82, 2.24) is 0 Å². The molecule has 10 heteroatoms. The summed E-state index contributed by atoms with van der Waals surface area (Å²) >= 11 is 11.9. The Balaban J connectivity index is 1.89. The lowest BCUT2D eigenvalue weighted by Crippen LogP contribution is -2.17. The number of carbonyl (C=O) groups is 2. The molecule has 150 valence electrons. The van der Waals surface area contributed by atoms with Crippen LogP contribution in [0.5, 0.6) is 0 Å². The Morgan fingerprint density at radius 3 is 2.31 bits per heavy atom. The van der Waals surface area contributed by atoms with Gasteiger partial charge in [-0.25, -0.2) is 8.42 Å². The molecule has 0 radical (unpaired) electrons. The maximum absolute atomic E-state index is 12.6. The molecule has 0 spiro atoms. The average Bonchev–Trinajstić information content (AvgIpc) is 3.18. The fraction of sp³-hybridized carbons (Fsp3) is 0.0526. The molecule has 3 rings (SSSR count). The smallest absolute Gasteiger partial charge is 0.291 e. The van der Waals surface area contributed by atoms with E-state index in [0.717, 1.165) is 6.26 Å². The van der Waals surface area contributed by atoms with Gasteiger partial charge in [0, 0.05) is 16.8 Å². The summed E-state index contributed by atoms with van der Waals surface area (Å²) in [5.41, 5.74) is 0.577. The van der Waals surface area contributed by atoms with Crippen LogP contribution in [0.15, 0.2) is 64.1 Å². The number of furan rings is 1. The molecule has 0 fully saturated rings. The summed E-state index contributed by atoms with van der Waals surface area (Å²) in [5.74, 6) is -1.04. The quantitative estimate of drug-likeness (QED) is 0.592. The number of rotatable bonds is 5. The summed E-state index contributed by atoms with van der Waals surface area (Å²) in [6.45, 7) is 0. The van der Waals surface area contributed by atoms with Crippen molar-refractivity contribution in [2.24, 2.45) is 0 Å². The van der Waals surface area contributed by atoms with E-state index in [9.17, 15) is 18.0 Å². The highest BCUT2D eigenvalue weighted by molar-refractivity contribution is 7.90. The molecule has 7 nitrogen and oxygen atoms in total. The van der Waals surface area contributed by atoms with Gasteiger partial charge < -0.3 is 15.1 Å². The first-order valence-corrected chi connectivity index (χ1v) is 10.8. The molecule has 0 saturated carbocycles. The van der Waals surface area contributed by atoms with Crippen molar-refractivity contribution in [1.29, 1.82) is 0 Å². The number of anilines is 2. The second-order valence-electron chi connectivity index (χ2n) is 5.99. The van der Waals surface area contributed by atoms with Gasteiger partial charge in [-0.1, -0.05) is 23.2 Å². The van der Waals surface area contributed by atoms with Crippen molar-refractivity contribution in [3.63, 3.8) is 0 Å². The molecule has 2 N–H and O–H groups in total. The van der Waals surface area contributed by atoms with Crippen LogP contribution in [0.1, 0.15) is 20.9 Å². The third-order valence-electron chi connectivity index (χ3n) is 3.82. The third-order valence-corrected chi connectivity index (χ3v) is 5.63. The van der Waals surface area contributed by atoms with Crippen LogP contribution in [-0.4, -0.2) is 26.5 Å². The van der Waals surface area contributed by atoms with Gasteiger partial charge in [0.1, 0.15) is 0 Å². The van der Waals surface area contributed by atoms with Gasteiger partial charge in [-0.3, -0.25) is 9.59 Å². The first-order chi connectivity index (χ1) is 13.6. The fourth-order valence-corrected chi connectivity index (χ4v) is 3.92. The number of amides is 2. The maximum Gasteiger partial charge on any atom is 0.291 e. The molecule has 1 aromatic heterocycles. The summed E-state index contributed by atoms with van der Waals surface area (Å²) in [4.78, 5) is 24.7. The first kappa shape index (κ1) is 20.9. The van der Waals surface area contributed by atoms with Crippen LogP contribution in [0.3, 0.4) is 0 Å². The van der Waals surface area contributed by atoms with E-state index < -0.39 is 21.7 Å². The highest BCUT2D eigenvalue weighted by Crippen LogP contribution is 2.28. The molecule has 0 saturated heterocycles. The third kappa shape index (κ3) is 4.97. The number of benzene rings is 2. The van der Waals surface area contributed by atoms with Crippen molar-refractivity contribution in [3.05, 3.63) is 76.2 Å². The molecule has 3 aromatic rings. The van der Waals surface area contributed by atoms with Gasteiger partial charge in [0.25, 0.3) is 11.8 Å². The molecule has 0 aliphatic heterocycles. The molecule has 0 aliphatic carbocycles. The van der Waals surface area contributed by atoms with E-state index in [1.54, 1.807) is 6.07 Å². The van der Waals surface area contributed by atoms with Gasteiger partial charge >= 0.3 is 0 Å². The van der Waals surface area contributed by atoms with E-state index in [0.29, 0.717) is 5.02 Å². The average molecular weight is 453 g/mol. The van der Waals surface area contributed by atoms with E-state index >= 15 is 0 Å². The summed E-state index contributed by atoms with van der Waals surface area (Å²) < 4.78 is 28.7. The number of hydrogen-bond donors (Lipinski definition) is 2. The van der Waals surface area contributed by atoms with Gasteiger partial charge in [-0.15, -0.1) is 0 Å². The van der Waals surface area contributed by atoms with Gasteiger partial charge in [0.05, 0.1) is 27.6 Å². The Hall–Kier alpha value is -2.81. The van der Waals surface area contributed by atoms with E-state index in [1.165, 1.54) is 48.7 Å². The first-order valence-electron chi connectivity index (χ1n) is 8.10. The second-order valence-corrected chi connectivity index (χ2v) is 8.82. The maximum atomic E-state index is 12.6. The minimum Gasteiger partial charge on any atom is -0.459 e. The summed E-state index contributed by atoms with van der Waals surface area (Å²) in [5, 5.41) is 5.58. The fourth-order valence-electron chi connectivity index (χ4n) is 2.44. The van der Waals surface area contributed by atoms with Crippen LogP contribution in [0.2, 0.25) is 10.0 Å². The molecule has 0 bridgehead atoms. The van der Waals surface area contributed by atoms with E-state index in [-0.39, 0.29) is 32.6 Å². The number of carbonyl (C=O) groups excluding carboxylic acids is 2. The summed E-state index contributed by atoms with van der Waals surface area (Å²) in [6, 6.07) is 11.5. The zero-order chi connectivity index (χ0) is 21.2. The Kier molecular flexibility index (Phi) is 5.97. The van der Waals surface area contributed by atoms with Crippen LogP contribution in [-0.2, 0) is 9.84 Å². The van der Waals surface area contributed by atoms with Gasteiger partial charge in [-0.2, -0.15) is 0 Å². The molecule has 2 aromatic carbocycles. The molecule has 0 aliphatic rings. The Bertz CT molecular complexity index is 1190. The number of nitrogens with one attached hydrogen (secondary N) is 2. The molecular weight excluding hydrogens is 439 g/mol. The van der Waals surface area contributed by atoms with Crippen molar-refractivity contribution >= 4 is 56.2 Å². The number of hydrogen-bond acceptors (Lipinski definition) is 5. The van der Waals surface area contributed by atoms with Crippen molar-refractivity contribution in [2.75, 3.05) is 16.9 Å². The standard InChI is InChI=1S/C19H14Cl2N2O5S/c1-29(26,27)17-9-11(4-6-13(17)21)18(24)22-14-7-5-12(20)10-15(14)23-19(25)16-3-2-8-28-16/h2-10H,1H3,(H,22,24)(H,23,25). The largest absolute Gasteiger partial charge is 0.459 e. The monoisotopic (exact) mass is 452 g/mol. The molecular formula is C19H14Cl2N2O5S. The van der Waals surface area contributed by atoms with Crippen LogP contribution < -0.4 is 10.6 Å². The second kappa shape index (κ2) is 8.28. The van der Waals surface area contributed by atoms with Crippen LogP contribution in [0.25, 0.3) is 0 Å². The Morgan fingerprint density at radius 1 is 0.931 bits per heavy atom. The van der Waals surface area contributed by atoms with E-state index in [2.05, 4.69) is 10.6 Å². The van der Waals surface area contributed by atoms with Crippen LogP contribution in [0, 0.1) is 0 Å². The topological polar surface area (TPSA) is 105 Å². The summed E-state index contributed by atoms with van der Waals surface area (Å²) in [6.07, 6.45) is 2.35. The van der Waals surface area contributed by atoms with E-state index in [1.807, 2.05) is 0 Å². The lowest BCUT2D eigenvalue weighted by atomic mass is 10.2. The predicted octanol–water partition coefficient (Wildman–Crippen LogP) is 4.49. The molecule has 2 amide bonds. The zero-order valence-electron chi connectivity index (χ0n) is 14.9. The molecule has 29 heavy (non-hydrogen) atoms. The molecule has 0 atom stereocenters. The Labute approximate surface area is 176 Å². The highest BCUT2D eigenvalue weighted by Gasteiger charge is 2.18.